The van der Waals surface area contributed by atoms with Crippen LogP contribution in [-0.2, 0) is 17.5 Å². The van der Waals surface area contributed by atoms with Crippen LogP contribution in [0.15, 0.2) is 30.3 Å². The minimum Gasteiger partial charge on any atom is -0.462 e. The van der Waals surface area contributed by atoms with Gasteiger partial charge in [-0.1, -0.05) is 24.3 Å². The van der Waals surface area contributed by atoms with Gasteiger partial charge in [-0.2, -0.15) is 18.4 Å². The maximum Gasteiger partial charge on any atom is 0.434 e. The Morgan fingerprint density at radius 2 is 1.88 bits per heavy atom. The van der Waals surface area contributed by atoms with E-state index >= 15 is 0 Å². The predicted octanol–water partition coefficient (Wildman–Crippen LogP) is 3.49. The number of carbonyl (C=O) groups is 2. The van der Waals surface area contributed by atoms with Crippen LogP contribution in [-0.4, -0.2) is 54.7 Å². The van der Waals surface area contributed by atoms with Crippen molar-refractivity contribution in [1.82, 2.24) is 15.2 Å². The molecule has 11 heteroatoms. The monoisotopic (exact) mass is 475 g/mol. The maximum absolute atomic E-state index is 13.6. The first-order valence-corrected chi connectivity index (χ1v) is 10.7. The van der Waals surface area contributed by atoms with Crippen molar-refractivity contribution in [3.63, 3.8) is 0 Å². The number of carbonyl (C=O) groups excluding carboxylic acids is 2. The number of esters is 1. The molecule has 1 aromatic carbocycles. The fourth-order valence-electron chi connectivity index (χ4n) is 3.62. The molecule has 0 atom stereocenters. The van der Waals surface area contributed by atoms with Crippen LogP contribution >= 0.6 is 0 Å². The van der Waals surface area contributed by atoms with Crippen molar-refractivity contribution in [2.75, 3.05) is 37.7 Å². The molecule has 0 aliphatic carbocycles. The van der Waals surface area contributed by atoms with Crippen LogP contribution in [0.2, 0.25) is 0 Å². The number of amides is 2. The van der Waals surface area contributed by atoms with Gasteiger partial charge < -0.3 is 19.9 Å². The number of halogens is 3. The number of nitriles is 1. The second kappa shape index (κ2) is 10.4. The molecule has 1 fully saturated rings. The van der Waals surface area contributed by atoms with Gasteiger partial charge in [0.15, 0.2) is 5.69 Å². The zero-order valence-corrected chi connectivity index (χ0v) is 18.8. The normalized spacial score (nSPS) is 13.9. The quantitative estimate of drug-likeness (QED) is 0.665. The van der Waals surface area contributed by atoms with Gasteiger partial charge in [0.1, 0.15) is 11.9 Å². The summed E-state index contributed by atoms with van der Waals surface area (Å²) in [6.07, 6.45) is -4.91. The summed E-state index contributed by atoms with van der Waals surface area (Å²) in [5, 5.41) is 12.3. The summed E-state index contributed by atoms with van der Waals surface area (Å²) < 4.78 is 45.6. The molecule has 8 nitrogen and oxygen atoms in total. The number of ether oxygens (including phenoxy) is 1. The van der Waals surface area contributed by atoms with Crippen LogP contribution in [0.25, 0.3) is 0 Å². The smallest absolute Gasteiger partial charge is 0.434 e. The largest absolute Gasteiger partial charge is 0.462 e. The van der Waals surface area contributed by atoms with E-state index in [-0.39, 0.29) is 50.2 Å². The number of urea groups is 1. The molecule has 0 bridgehead atoms. The highest BCUT2D eigenvalue weighted by molar-refractivity contribution is 5.92. The molecular formula is C23H24F3N5O3. The first-order valence-electron chi connectivity index (χ1n) is 10.7. The van der Waals surface area contributed by atoms with Crippen LogP contribution in [0, 0.1) is 18.3 Å². The van der Waals surface area contributed by atoms with E-state index in [0.29, 0.717) is 6.54 Å². The Bertz CT molecular complexity index is 1110. The first-order chi connectivity index (χ1) is 16.2. The fourth-order valence-corrected chi connectivity index (χ4v) is 3.62. The Morgan fingerprint density at radius 3 is 2.47 bits per heavy atom. The van der Waals surface area contributed by atoms with Gasteiger partial charge in [0.2, 0.25) is 0 Å². The van der Waals surface area contributed by atoms with Crippen LogP contribution in [0.3, 0.4) is 0 Å². The lowest BCUT2D eigenvalue weighted by Gasteiger charge is -2.36. The van der Waals surface area contributed by atoms with Crippen LogP contribution in [0.5, 0.6) is 0 Å². The molecule has 1 saturated heterocycles. The SMILES string of the molecule is CCOC(=O)c1cc(C#N)c(N2CCN(C(=O)NCc3ccccc3C)CC2)nc1C(F)(F)F. The van der Waals surface area contributed by atoms with Gasteiger partial charge in [-0.3, -0.25) is 0 Å². The highest BCUT2D eigenvalue weighted by Crippen LogP contribution is 2.34. The Morgan fingerprint density at radius 1 is 1.21 bits per heavy atom. The van der Waals surface area contributed by atoms with Crippen molar-refractivity contribution in [2.24, 2.45) is 0 Å². The topological polar surface area (TPSA) is 98.6 Å². The van der Waals surface area contributed by atoms with E-state index in [9.17, 15) is 28.0 Å². The van der Waals surface area contributed by atoms with E-state index in [1.165, 1.54) is 11.8 Å². The summed E-state index contributed by atoms with van der Waals surface area (Å²) in [6, 6.07) is 10.1. The van der Waals surface area contributed by atoms with E-state index < -0.39 is 23.4 Å². The van der Waals surface area contributed by atoms with E-state index in [4.69, 9.17) is 4.74 Å². The van der Waals surface area contributed by atoms with Crippen molar-refractivity contribution in [1.29, 1.82) is 5.26 Å². The molecular weight excluding hydrogens is 451 g/mol. The van der Waals surface area contributed by atoms with E-state index in [1.54, 1.807) is 4.90 Å². The summed E-state index contributed by atoms with van der Waals surface area (Å²) in [5.74, 6) is -1.37. The number of aryl methyl sites for hydroxylation is 1. The summed E-state index contributed by atoms with van der Waals surface area (Å²) in [7, 11) is 0. The number of nitrogens with one attached hydrogen (secondary N) is 1. The first kappa shape index (κ1) is 24.8. The second-order valence-corrected chi connectivity index (χ2v) is 7.65. The van der Waals surface area contributed by atoms with Gasteiger partial charge in [0.25, 0.3) is 0 Å². The Kier molecular flexibility index (Phi) is 7.61. The molecule has 180 valence electrons. The molecule has 2 aromatic rings. The molecule has 1 aromatic heterocycles. The van der Waals surface area contributed by atoms with Crippen LogP contribution < -0.4 is 10.2 Å². The number of hydrogen-bond donors (Lipinski definition) is 1. The zero-order chi connectivity index (χ0) is 24.9. The van der Waals surface area contributed by atoms with Crippen molar-refractivity contribution >= 4 is 17.8 Å². The molecule has 3 rings (SSSR count). The molecule has 1 aliphatic heterocycles. The highest BCUT2D eigenvalue weighted by atomic mass is 19.4. The Balaban J connectivity index is 1.74. The number of alkyl halides is 3. The third-order valence-corrected chi connectivity index (χ3v) is 5.44. The maximum atomic E-state index is 13.6. The minimum absolute atomic E-state index is 0.117. The summed E-state index contributed by atoms with van der Waals surface area (Å²) in [5.41, 5.74) is -0.344. The van der Waals surface area contributed by atoms with Crippen molar-refractivity contribution in [2.45, 2.75) is 26.6 Å². The van der Waals surface area contributed by atoms with Gasteiger partial charge in [-0.25, -0.2) is 14.6 Å². The molecule has 1 N–H and O–H groups in total. The Labute approximate surface area is 194 Å². The van der Waals surface area contributed by atoms with Crippen LogP contribution in [0.1, 0.15) is 39.7 Å². The van der Waals surface area contributed by atoms with E-state index in [1.807, 2.05) is 37.3 Å². The molecule has 34 heavy (non-hydrogen) atoms. The van der Waals surface area contributed by atoms with Gasteiger partial charge in [0.05, 0.1) is 17.7 Å². The average Bonchev–Trinajstić information content (AvgIpc) is 2.82. The molecule has 0 spiro atoms. The third kappa shape index (κ3) is 5.57. The lowest BCUT2D eigenvalue weighted by Crippen LogP contribution is -2.52. The molecule has 2 heterocycles. The standard InChI is InChI=1S/C23H24F3N5O3/c1-3-34-21(32)18-12-17(13-27)20(29-19(18)23(24,25)26)30-8-10-31(11-9-30)22(33)28-14-16-7-5-4-6-15(16)2/h4-7,12H,3,8-11,14H2,1-2H3,(H,28,33). The van der Waals surface area contributed by atoms with E-state index in [0.717, 1.165) is 17.2 Å². The number of aromatic nitrogens is 1. The van der Waals surface area contributed by atoms with E-state index in [2.05, 4.69) is 10.3 Å². The highest BCUT2D eigenvalue weighted by Gasteiger charge is 2.39. The lowest BCUT2D eigenvalue weighted by atomic mass is 10.1. The minimum atomic E-state index is -4.91. The molecule has 0 saturated carbocycles. The van der Waals surface area contributed by atoms with Crippen molar-refractivity contribution in [3.8, 4) is 6.07 Å². The molecule has 1 aliphatic rings. The number of hydrogen-bond acceptors (Lipinski definition) is 6. The number of nitrogens with zero attached hydrogens (tertiary/aromatic N) is 4. The number of benzene rings is 1. The van der Waals surface area contributed by atoms with Gasteiger partial charge in [-0.05, 0) is 31.0 Å². The van der Waals surface area contributed by atoms with Crippen LogP contribution in [0.4, 0.5) is 23.8 Å². The Hall–Kier alpha value is -3.81. The molecule has 0 unspecified atom stereocenters. The summed E-state index contributed by atoms with van der Waals surface area (Å²) >= 11 is 0. The van der Waals surface area contributed by atoms with Gasteiger partial charge in [-0.15, -0.1) is 0 Å². The van der Waals surface area contributed by atoms with Crippen molar-refractivity contribution in [3.05, 3.63) is 58.3 Å². The lowest BCUT2D eigenvalue weighted by molar-refractivity contribution is -0.141. The third-order valence-electron chi connectivity index (χ3n) is 5.44. The molecule has 2 amide bonds. The summed E-state index contributed by atoms with van der Waals surface area (Å²) in [4.78, 5) is 31.3. The predicted molar refractivity (Wildman–Crippen MR) is 117 cm³/mol. The zero-order valence-electron chi connectivity index (χ0n) is 18.8. The average molecular weight is 475 g/mol. The van der Waals surface area contributed by atoms with Gasteiger partial charge in [0, 0.05) is 32.7 Å². The number of rotatable bonds is 5. The van der Waals surface area contributed by atoms with Gasteiger partial charge >= 0.3 is 18.2 Å². The fraction of sp³-hybridized carbons (Fsp3) is 0.391. The number of pyridine rings is 1. The summed E-state index contributed by atoms with van der Waals surface area (Å²) in [6.45, 7) is 4.46. The molecule has 0 radical (unpaired) electrons. The number of anilines is 1. The number of piperazine rings is 1. The second-order valence-electron chi connectivity index (χ2n) is 7.65. The van der Waals surface area contributed by atoms with Crippen molar-refractivity contribution < 1.29 is 27.5 Å².